The first kappa shape index (κ1) is 17.1. The van der Waals surface area contributed by atoms with Crippen molar-refractivity contribution in [2.75, 3.05) is 18.6 Å². The van der Waals surface area contributed by atoms with Crippen LogP contribution in [0, 0.1) is 0 Å². The fourth-order valence-electron chi connectivity index (χ4n) is 1.65. The number of carbonyl (C=O) groups is 2. The number of pyridine rings is 1. The molecule has 0 aliphatic heterocycles. The summed E-state index contributed by atoms with van der Waals surface area (Å²) in [6.07, 6.45) is 1.17. The van der Waals surface area contributed by atoms with E-state index in [2.05, 4.69) is 4.98 Å². The van der Waals surface area contributed by atoms with E-state index in [0.717, 1.165) is 0 Å². The van der Waals surface area contributed by atoms with Crippen LogP contribution >= 0.6 is 0 Å². The van der Waals surface area contributed by atoms with Crippen LogP contribution in [-0.2, 0) is 9.84 Å². The summed E-state index contributed by atoms with van der Waals surface area (Å²) in [5, 5.41) is 8.74. The first-order chi connectivity index (χ1) is 9.68. The Morgan fingerprint density at radius 2 is 2.00 bits per heavy atom. The van der Waals surface area contributed by atoms with E-state index in [0.29, 0.717) is 0 Å². The molecule has 1 amide bonds. The second-order valence-electron chi connectivity index (χ2n) is 4.70. The fourth-order valence-corrected chi connectivity index (χ4v) is 2.84. The standard InChI is InChI=1S/C13H18N2O5S/c1-4-21(19,20)8-9(2)15(3)12(16)10-5-6-11(13(17)18)14-7-10/h5-7,9H,4,8H2,1-3H3,(H,17,18). The van der Waals surface area contributed by atoms with E-state index in [-0.39, 0.29) is 22.8 Å². The molecule has 0 aliphatic carbocycles. The average Bonchev–Trinajstić information content (AvgIpc) is 2.45. The van der Waals surface area contributed by atoms with Crippen molar-refractivity contribution in [1.29, 1.82) is 0 Å². The number of carboxylic acids is 1. The average molecular weight is 314 g/mol. The Morgan fingerprint density at radius 1 is 1.38 bits per heavy atom. The van der Waals surface area contributed by atoms with Gasteiger partial charge in [0.2, 0.25) is 0 Å². The molecule has 0 fully saturated rings. The number of aromatic nitrogens is 1. The predicted molar refractivity (Wildman–Crippen MR) is 77.1 cm³/mol. The molecule has 1 rings (SSSR count). The zero-order valence-corrected chi connectivity index (χ0v) is 12.9. The normalized spacial score (nSPS) is 12.7. The van der Waals surface area contributed by atoms with Gasteiger partial charge < -0.3 is 10.0 Å². The minimum absolute atomic E-state index is 0.0221. The van der Waals surface area contributed by atoms with Gasteiger partial charge in [0.25, 0.3) is 5.91 Å². The smallest absolute Gasteiger partial charge is 0.354 e. The summed E-state index contributed by atoms with van der Waals surface area (Å²) in [6, 6.07) is 2.11. The summed E-state index contributed by atoms with van der Waals surface area (Å²) in [5.41, 5.74) is 0.0547. The largest absolute Gasteiger partial charge is 0.477 e. The van der Waals surface area contributed by atoms with E-state index in [4.69, 9.17) is 5.11 Å². The summed E-state index contributed by atoms with van der Waals surface area (Å²) >= 11 is 0. The molecule has 0 radical (unpaired) electrons. The van der Waals surface area contributed by atoms with Gasteiger partial charge in [0.05, 0.1) is 11.3 Å². The first-order valence-electron chi connectivity index (χ1n) is 6.35. The topological polar surface area (TPSA) is 105 Å². The SMILES string of the molecule is CCS(=O)(=O)CC(C)N(C)C(=O)c1ccc(C(=O)O)nc1. The zero-order chi connectivity index (χ0) is 16.2. The lowest BCUT2D eigenvalue weighted by Gasteiger charge is -2.24. The summed E-state index contributed by atoms with van der Waals surface area (Å²) < 4.78 is 23.2. The second-order valence-corrected chi connectivity index (χ2v) is 7.10. The van der Waals surface area contributed by atoms with Gasteiger partial charge in [-0.15, -0.1) is 0 Å². The number of hydrogen-bond donors (Lipinski definition) is 1. The van der Waals surface area contributed by atoms with Gasteiger partial charge in [-0.25, -0.2) is 18.2 Å². The lowest BCUT2D eigenvalue weighted by atomic mass is 10.2. The molecule has 7 nitrogen and oxygen atoms in total. The second kappa shape index (κ2) is 6.66. The molecular formula is C13H18N2O5S. The monoisotopic (exact) mass is 314 g/mol. The molecule has 8 heteroatoms. The van der Waals surface area contributed by atoms with Crippen molar-refractivity contribution >= 4 is 21.7 Å². The van der Waals surface area contributed by atoms with Crippen molar-refractivity contribution in [3.8, 4) is 0 Å². The van der Waals surface area contributed by atoms with Gasteiger partial charge in [0, 0.05) is 25.0 Å². The molecule has 1 N–H and O–H groups in total. The van der Waals surface area contributed by atoms with Crippen molar-refractivity contribution in [2.24, 2.45) is 0 Å². The molecule has 1 atom stereocenters. The maximum Gasteiger partial charge on any atom is 0.354 e. The van der Waals surface area contributed by atoms with E-state index < -0.39 is 27.8 Å². The van der Waals surface area contributed by atoms with Gasteiger partial charge in [0.1, 0.15) is 5.69 Å². The van der Waals surface area contributed by atoms with Crippen LogP contribution < -0.4 is 0 Å². The summed E-state index contributed by atoms with van der Waals surface area (Å²) in [4.78, 5) is 27.9. The van der Waals surface area contributed by atoms with E-state index in [1.807, 2.05) is 0 Å². The van der Waals surface area contributed by atoms with Gasteiger partial charge in [0.15, 0.2) is 9.84 Å². The number of aromatic carboxylic acids is 1. The van der Waals surface area contributed by atoms with Gasteiger partial charge >= 0.3 is 5.97 Å². The molecule has 0 bridgehead atoms. The van der Waals surface area contributed by atoms with Crippen LogP contribution in [0.5, 0.6) is 0 Å². The van der Waals surface area contributed by atoms with Gasteiger partial charge in [-0.2, -0.15) is 0 Å². The number of carbonyl (C=O) groups excluding carboxylic acids is 1. The van der Waals surface area contributed by atoms with Crippen LogP contribution in [0.4, 0.5) is 0 Å². The third kappa shape index (κ3) is 4.52. The molecule has 0 saturated carbocycles. The van der Waals surface area contributed by atoms with Gasteiger partial charge in [-0.1, -0.05) is 6.92 Å². The number of nitrogens with zero attached hydrogens (tertiary/aromatic N) is 2. The number of hydrogen-bond acceptors (Lipinski definition) is 5. The lowest BCUT2D eigenvalue weighted by molar-refractivity contribution is 0.0687. The maximum atomic E-state index is 12.2. The Bertz CT molecular complexity index is 624. The van der Waals surface area contributed by atoms with E-state index >= 15 is 0 Å². The van der Waals surface area contributed by atoms with E-state index in [1.54, 1.807) is 13.8 Å². The summed E-state index contributed by atoms with van der Waals surface area (Å²) in [7, 11) is -1.68. The fraction of sp³-hybridized carbons (Fsp3) is 0.462. The van der Waals surface area contributed by atoms with Crippen LogP contribution in [0.15, 0.2) is 18.3 Å². The summed E-state index contributed by atoms with van der Waals surface area (Å²) in [6.45, 7) is 3.20. The quantitative estimate of drug-likeness (QED) is 0.827. The molecule has 21 heavy (non-hydrogen) atoms. The zero-order valence-electron chi connectivity index (χ0n) is 12.1. The molecule has 0 aromatic carbocycles. The van der Waals surface area contributed by atoms with Crippen molar-refractivity contribution in [2.45, 2.75) is 19.9 Å². The van der Waals surface area contributed by atoms with E-state index in [1.165, 1.54) is 30.3 Å². The number of sulfone groups is 1. The highest BCUT2D eigenvalue weighted by Gasteiger charge is 2.22. The Hall–Kier alpha value is -1.96. The Kier molecular flexibility index (Phi) is 5.42. The molecule has 1 unspecified atom stereocenters. The minimum Gasteiger partial charge on any atom is -0.477 e. The van der Waals surface area contributed by atoms with Gasteiger partial charge in [-0.05, 0) is 19.1 Å². The van der Waals surface area contributed by atoms with Crippen LogP contribution in [0.25, 0.3) is 0 Å². The molecule has 1 heterocycles. The first-order valence-corrected chi connectivity index (χ1v) is 8.17. The maximum absolute atomic E-state index is 12.2. The van der Waals surface area contributed by atoms with Crippen molar-refractivity contribution in [1.82, 2.24) is 9.88 Å². The third-order valence-corrected chi connectivity index (χ3v) is 5.02. The van der Waals surface area contributed by atoms with Crippen LogP contribution in [0.1, 0.15) is 34.7 Å². The molecule has 116 valence electrons. The number of carboxylic acid groups (broad SMARTS) is 1. The van der Waals surface area contributed by atoms with Crippen molar-refractivity contribution < 1.29 is 23.1 Å². The number of amides is 1. The highest BCUT2D eigenvalue weighted by atomic mass is 32.2. The van der Waals surface area contributed by atoms with Crippen LogP contribution in [0.2, 0.25) is 0 Å². The Balaban J connectivity index is 2.84. The van der Waals surface area contributed by atoms with E-state index in [9.17, 15) is 18.0 Å². The molecule has 1 aromatic heterocycles. The van der Waals surface area contributed by atoms with Gasteiger partial charge in [-0.3, -0.25) is 4.79 Å². The summed E-state index contributed by atoms with van der Waals surface area (Å²) in [5.74, 6) is -1.68. The van der Waals surface area contributed by atoms with Crippen LogP contribution in [-0.4, -0.2) is 59.9 Å². The molecule has 0 aliphatic rings. The molecule has 0 saturated heterocycles. The van der Waals surface area contributed by atoms with Crippen LogP contribution in [0.3, 0.4) is 0 Å². The highest BCUT2D eigenvalue weighted by Crippen LogP contribution is 2.09. The Morgan fingerprint density at radius 3 is 2.43 bits per heavy atom. The Labute approximate surface area is 123 Å². The number of rotatable bonds is 6. The van der Waals surface area contributed by atoms with Crippen molar-refractivity contribution in [3.05, 3.63) is 29.6 Å². The molecule has 0 spiro atoms. The minimum atomic E-state index is -3.18. The highest BCUT2D eigenvalue weighted by molar-refractivity contribution is 7.91. The molecule has 1 aromatic rings. The third-order valence-electron chi connectivity index (χ3n) is 3.15. The van der Waals surface area contributed by atoms with Crippen molar-refractivity contribution in [3.63, 3.8) is 0 Å². The lowest BCUT2D eigenvalue weighted by Crippen LogP contribution is -2.39. The predicted octanol–water partition coefficient (Wildman–Crippen LogP) is 0.675. The molecular weight excluding hydrogens is 296 g/mol.